The summed E-state index contributed by atoms with van der Waals surface area (Å²) in [5.41, 5.74) is 1.20. The van der Waals surface area contributed by atoms with Gasteiger partial charge in [0.1, 0.15) is 5.75 Å². The van der Waals surface area contributed by atoms with Crippen LogP contribution in [0.1, 0.15) is 26.7 Å². The Balaban J connectivity index is 2.00. The fourth-order valence-corrected chi connectivity index (χ4v) is 2.16. The van der Waals surface area contributed by atoms with Crippen LogP contribution in [0.25, 0.3) is 0 Å². The zero-order valence-electron chi connectivity index (χ0n) is 10.4. The molecule has 0 bridgehead atoms. The van der Waals surface area contributed by atoms with Gasteiger partial charge in [0.15, 0.2) is 0 Å². The van der Waals surface area contributed by atoms with Crippen LogP contribution in [0.3, 0.4) is 0 Å². The molecule has 0 radical (unpaired) electrons. The summed E-state index contributed by atoms with van der Waals surface area (Å²) in [5, 5.41) is 3.64. The molecule has 0 heterocycles. The Hall–Kier alpha value is -1.18. The molecule has 1 aliphatic rings. The van der Waals surface area contributed by atoms with E-state index in [1.165, 1.54) is 18.5 Å². The van der Waals surface area contributed by atoms with Crippen LogP contribution in [0.2, 0.25) is 0 Å². The quantitative estimate of drug-likeness (QED) is 0.817. The molecule has 1 N–H and O–H groups in total. The maximum atomic E-state index is 5.15. The molecule has 0 amide bonds. The molecule has 0 saturated heterocycles. The molecule has 2 rings (SSSR count). The molecule has 1 aliphatic carbocycles. The lowest BCUT2D eigenvalue weighted by atomic mass is 9.99. The molecule has 88 valence electrons. The van der Waals surface area contributed by atoms with Crippen LogP contribution in [0, 0.1) is 11.8 Å². The summed E-state index contributed by atoms with van der Waals surface area (Å²) in [6.45, 7) is 4.58. The third-order valence-corrected chi connectivity index (χ3v) is 3.27. The van der Waals surface area contributed by atoms with Gasteiger partial charge in [-0.3, -0.25) is 0 Å². The topological polar surface area (TPSA) is 21.3 Å². The van der Waals surface area contributed by atoms with E-state index in [0.717, 1.165) is 11.7 Å². The van der Waals surface area contributed by atoms with Crippen LogP contribution < -0.4 is 10.1 Å². The van der Waals surface area contributed by atoms with Crippen LogP contribution >= 0.6 is 0 Å². The second-order valence-corrected chi connectivity index (χ2v) is 4.98. The maximum absolute atomic E-state index is 5.15. The predicted molar refractivity (Wildman–Crippen MR) is 68.0 cm³/mol. The Morgan fingerprint density at radius 2 is 1.81 bits per heavy atom. The van der Waals surface area contributed by atoms with Crippen molar-refractivity contribution < 1.29 is 4.74 Å². The monoisotopic (exact) mass is 219 g/mol. The molecule has 1 saturated carbocycles. The average molecular weight is 219 g/mol. The van der Waals surface area contributed by atoms with Gasteiger partial charge in [0, 0.05) is 11.7 Å². The van der Waals surface area contributed by atoms with E-state index in [2.05, 4.69) is 31.3 Å². The van der Waals surface area contributed by atoms with E-state index in [1.54, 1.807) is 7.11 Å². The van der Waals surface area contributed by atoms with Crippen molar-refractivity contribution in [3.8, 4) is 5.75 Å². The van der Waals surface area contributed by atoms with E-state index in [9.17, 15) is 0 Å². The van der Waals surface area contributed by atoms with Gasteiger partial charge < -0.3 is 10.1 Å². The standard InChI is InChI=1S/C14H21NO/c1-10(2)14(11-4-5-11)15-12-6-8-13(16-3)9-7-12/h6-11,14-15H,4-5H2,1-3H3. The lowest BCUT2D eigenvalue weighted by Gasteiger charge is -2.23. The molecule has 2 nitrogen and oxygen atoms in total. The Kier molecular flexibility index (Phi) is 3.37. The zero-order chi connectivity index (χ0) is 11.5. The largest absolute Gasteiger partial charge is 0.497 e. The maximum Gasteiger partial charge on any atom is 0.119 e. The van der Waals surface area contributed by atoms with Gasteiger partial charge in [0.2, 0.25) is 0 Å². The van der Waals surface area contributed by atoms with Gasteiger partial charge in [0.25, 0.3) is 0 Å². The number of nitrogens with one attached hydrogen (secondary N) is 1. The third-order valence-electron chi connectivity index (χ3n) is 3.27. The Labute approximate surface area is 98.0 Å². The van der Waals surface area contributed by atoms with Crippen LogP contribution in [0.5, 0.6) is 5.75 Å². The molecule has 1 aromatic rings. The summed E-state index contributed by atoms with van der Waals surface area (Å²) in [7, 11) is 1.70. The smallest absolute Gasteiger partial charge is 0.119 e. The number of ether oxygens (including phenoxy) is 1. The molecule has 0 aromatic heterocycles. The van der Waals surface area contributed by atoms with Crippen LogP contribution in [0.4, 0.5) is 5.69 Å². The summed E-state index contributed by atoms with van der Waals surface area (Å²) in [4.78, 5) is 0. The van der Waals surface area contributed by atoms with Gasteiger partial charge in [-0.2, -0.15) is 0 Å². The minimum atomic E-state index is 0.619. The lowest BCUT2D eigenvalue weighted by molar-refractivity contribution is 0.414. The molecule has 1 aromatic carbocycles. The zero-order valence-corrected chi connectivity index (χ0v) is 10.4. The Morgan fingerprint density at radius 1 is 1.19 bits per heavy atom. The second-order valence-electron chi connectivity index (χ2n) is 4.98. The average Bonchev–Trinajstić information content (AvgIpc) is 3.10. The molecule has 1 unspecified atom stereocenters. The molecule has 1 atom stereocenters. The summed E-state index contributed by atoms with van der Waals surface area (Å²) in [5.74, 6) is 2.48. The van der Waals surface area contributed by atoms with Gasteiger partial charge in [0.05, 0.1) is 7.11 Å². The van der Waals surface area contributed by atoms with Crippen molar-refractivity contribution in [3.05, 3.63) is 24.3 Å². The highest BCUT2D eigenvalue weighted by atomic mass is 16.5. The van der Waals surface area contributed by atoms with Crippen LogP contribution in [-0.2, 0) is 0 Å². The molecular weight excluding hydrogens is 198 g/mol. The first-order chi connectivity index (χ1) is 7.70. The van der Waals surface area contributed by atoms with Gasteiger partial charge in [-0.1, -0.05) is 13.8 Å². The lowest BCUT2D eigenvalue weighted by Crippen LogP contribution is -2.27. The normalized spacial score (nSPS) is 17.2. The highest BCUT2D eigenvalue weighted by molar-refractivity contribution is 5.47. The summed E-state index contributed by atoms with van der Waals surface area (Å²) in [6, 6.07) is 8.82. The van der Waals surface area contributed by atoms with Crippen molar-refractivity contribution in [2.24, 2.45) is 11.8 Å². The summed E-state index contributed by atoms with van der Waals surface area (Å²) >= 11 is 0. The van der Waals surface area contributed by atoms with E-state index < -0.39 is 0 Å². The molecule has 0 spiro atoms. The van der Waals surface area contributed by atoms with Crippen molar-refractivity contribution in [2.75, 3.05) is 12.4 Å². The minimum Gasteiger partial charge on any atom is -0.497 e. The van der Waals surface area contributed by atoms with E-state index >= 15 is 0 Å². The number of hydrogen-bond donors (Lipinski definition) is 1. The van der Waals surface area contributed by atoms with Crippen molar-refractivity contribution in [1.29, 1.82) is 0 Å². The Morgan fingerprint density at radius 3 is 2.25 bits per heavy atom. The fourth-order valence-electron chi connectivity index (χ4n) is 2.16. The number of methoxy groups -OCH3 is 1. The van der Waals surface area contributed by atoms with Crippen molar-refractivity contribution in [2.45, 2.75) is 32.7 Å². The van der Waals surface area contributed by atoms with E-state index in [0.29, 0.717) is 12.0 Å². The van der Waals surface area contributed by atoms with Crippen molar-refractivity contribution in [3.63, 3.8) is 0 Å². The molecule has 2 heteroatoms. The van der Waals surface area contributed by atoms with Crippen LogP contribution in [-0.4, -0.2) is 13.2 Å². The van der Waals surface area contributed by atoms with Gasteiger partial charge in [-0.25, -0.2) is 0 Å². The first-order valence-corrected chi connectivity index (χ1v) is 6.11. The van der Waals surface area contributed by atoms with Crippen LogP contribution in [0.15, 0.2) is 24.3 Å². The minimum absolute atomic E-state index is 0.619. The molecule has 1 fully saturated rings. The van der Waals surface area contributed by atoms with Crippen molar-refractivity contribution >= 4 is 5.69 Å². The molecule has 16 heavy (non-hydrogen) atoms. The fraction of sp³-hybridized carbons (Fsp3) is 0.571. The first kappa shape index (κ1) is 11.3. The van der Waals surface area contributed by atoms with Gasteiger partial charge in [-0.15, -0.1) is 0 Å². The molecule has 0 aliphatic heterocycles. The Bertz CT molecular complexity index is 325. The van der Waals surface area contributed by atoms with Crippen molar-refractivity contribution in [1.82, 2.24) is 0 Å². The number of hydrogen-bond acceptors (Lipinski definition) is 2. The number of benzene rings is 1. The second kappa shape index (κ2) is 4.77. The van der Waals surface area contributed by atoms with Gasteiger partial charge in [-0.05, 0) is 48.9 Å². The predicted octanol–water partition coefficient (Wildman–Crippen LogP) is 3.54. The highest BCUT2D eigenvalue weighted by Crippen LogP contribution is 2.37. The highest BCUT2D eigenvalue weighted by Gasteiger charge is 2.32. The van der Waals surface area contributed by atoms with E-state index in [-0.39, 0.29) is 0 Å². The first-order valence-electron chi connectivity index (χ1n) is 6.11. The summed E-state index contributed by atoms with van der Waals surface area (Å²) < 4.78 is 5.15. The number of anilines is 1. The van der Waals surface area contributed by atoms with Gasteiger partial charge >= 0.3 is 0 Å². The molecular formula is C14H21NO. The van der Waals surface area contributed by atoms with E-state index in [1.807, 2.05) is 12.1 Å². The SMILES string of the molecule is COc1ccc(NC(C(C)C)C2CC2)cc1. The third kappa shape index (κ3) is 2.69. The van der Waals surface area contributed by atoms with E-state index in [4.69, 9.17) is 4.74 Å². The number of rotatable bonds is 5. The summed E-state index contributed by atoms with van der Waals surface area (Å²) in [6.07, 6.45) is 2.76.